The number of anilines is 1. The Labute approximate surface area is 181 Å². The standard InChI is InChI=1S/C22H29N5O4/c1-3-18-24-25-20-21(29)26(16-7-5-6-8-17(16)27(18)20)13-19(28)23-15-11-9-14(10-12-15)22(30)31-4-2/h9-12,16-17,20,25H,3-8,13H2,1-2H3,(H,23,28). The number of carbonyl (C=O) groups excluding carboxylic acids is 3. The maximum absolute atomic E-state index is 13.2. The van der Waals surface area contributed by atoms with Gasteiger partial charge in [-0.15, -0.1) is 0 Å². The van der Waals surface area contributed by atoms with Gasteiger partial charge in [-0.05, 0) is 44.0 Å². The summed E-state index contributed by atoms with van der Waals surface area (Å²) < 4.78 is 4.97. The Balaban J connectivity index is 1.44. The van der Waals surface area contributed by atoms with Crippen LogP contribution in [0.4, 0.5) is 5.69 Å². The van der Waals surface area contributed by atoms with E-state index in [1.807, 2.05) is 6.92 Å². The van der Waals surface area contributed by atoms with Crippen LogP contribution in [0.3, 0.4) is 0 Å². The lowest BCUT2D eigenvalue weighted by Gasteiger charge is -2.51. The molecule has 166 valence electrons. The number of benzene rings is 1. The van der Waals surface area contributed by atoms with Crippen LogP contribution in [-0.4, -0.2) is 64.8 Å². The Hall–Kier alpha value is -3.10. The van der Waals surface area contributed by atoms with Crippen LogP contribution in [0.25, 0.3) is 0 Å². The third-order valence-electron chi connectivity index (χ3n) is 6.17. The van der Waals surface area contributed by atoms with E-state index in [2.05, 4.69) is 20.7 Å². The lowest BCUT2D eigenvalue weighted by Crippen LogP contribution is -2.69. The second kappa shape index (κ2) is 8.95. The average molecular weight is 428 g/mol. The van der Waals surface area contributed by atoms with E-state index in [0.29, 0.717) is 17.9 Å². The Morgan fingerprint density at radius 1 is 1.16 bits per heavy atom. The summed E-state index contributed by atoms with van der Waals surface area (Å²) in [6, 6.07) is 6.73. The van der Waals surface area contributed by atoms with Crippen molar-refractivity contribution in [2.24, 2.45) is 5.10 Å². The van der Waals surface area contributed by atoms with Crippen LogP contribution >= 0.6 is 0 Å². The summed E-state index contributed by atoms with van der Waals surface area (Å²) in [5.41, 5.74) is 3.97. The zero-order valence-corrected chi connectivity index (χ0v) is 18.0. The number of amidine groups is 1. The largest absolute Gasteiger partial charge is 0.462 e. The minimum absolute atomic E-state index is 0.00564. The lowest BCUT2D eigenvalue weighted by atomic mass is 9.85. The summed E-state index contributed by atoms with van der Waals surface area (Å²) in [5, 5.41) is 7.20. The molecule has 4 rings (SSSR count). The van der Waals surface area contributed by atoms with Crippen molar-refractivity contribution in [3.05, 3.63) is 29.8 Å². The molecule has 2 fully saturated rings. The van der Waals surface area contributed by atoms with E-state index in [-0.39, 0.29) is 30.4 Å². The van der Waals surface area contributed by atoms with Crippen LogP contribution in [0.2, 0.25) is 0 Å². The van der Waals surface area contributed by atoms with Crippen molar-refractivity contribution in [1.29, 1.82) is 0 Å². The second-order valence-electron chi connectivity index (χ2n) is 8.05. The van der Waals surface area contributed by atoms with Crippen molar-refractivity contribution in [1.82, 2.24) is 15.2 Å². The first-order chi connectivity index (χ1) is 15.0. The monoisotopic (exact) mass is 427 g/mol. The Morgan fingerprint density at radius 2 is 1.87 bits per heavy atom. The second-order valence-corrected chi connectivity index (χ2v) is 8.05. The smallest absolute Gasteiger partial charge is 0.338 e. The number of hydrogen-bond acceptors (Lipinski definition) is 7. The minimum atomic E-state index is -0.522. The molecule has 3 unspecified atom stereocenters. The number of carbonyl (C=O) groups is 3. The number of ether oxygens (including phenoxy) is 1. The molecule has 3 atom stereocenters. The van der Waals surface area contributed by atoms with Crippen molar-refractivity contribution in [3.8, 4) is 0 Å². The van der Waals surface area contributed by atoms with Gasteiger partial charge in [-0.2, -0.15) is 5.10 Å². The summed E-state index contributed by atoms with van der Waals surface area (Å²) in [6.07, 6.45) is 4.28. The van der Waals surface area contributed by atoms with Gasteiger partial charge in [-0.25, -0.2) is 4.79 Å². The molecule has 3 aliphatic rings. The third-order valence-corrected chi connectivity index (χ3v) is 6.17. The molecule has 1 aromatic carbocycles. The number of hydrogen-bond donors (Lipinski definition) is 2. The molecule has 2 heterocycles. The van der Waals surface area contributed by atoms with E-state index in [1.54, 1.807) is 36.1 Å². The minimum Gasteiger partial charge on any atom is -0.462 e. The molecule has 0 spiro atoms. The number of amides is 2. The van der Waals surface area contributed by atoms with Gasteiger partial charge in [0.2, 0.25) is 5.91 Å². The maximum atomic E-state index is 13.2. The predicted molar refractivity (Wildman–Crippen MR) is 115 cm³/mol. The van der Waals surface area contributed by atoms with Crippen LogP contribution in [-0.2, 0) is 14.3 Å². The molecular formula is C22H29N5O4. The molecule has 9 nitrogen and oxygen atoms in total. The molecule has 1 saturated heterocycles. The summed E-state index contributed by atoms with van der Waals surface area (Å²) >= 11 is 0. The maximum Gasteiger partial charge on any atom is 0.338 e. The van der Waals surface area contributed by atoms with Gasteiger partial charge in [0.1, 0.15) is 12.4 Å². The van der Waals surface area contributed by atoms with Crippen molar-refractivity contribution in [3.63, 3.8) is 0 Å². The van der Waals surface area contributed by atoms with E-state index in [9.17, 15) is 14.4 Å². The zero-order chi connectivity index (χ0) is 22.0. The number of piperazine rings is 1. The quantitative estimate of drug-likeness (QED) is 0.673. The summed E-state index contributed by atoms with van der Waals surface area (Å²) in [5.74, 6) is 0.152. The van der Waals surface area contributed by atoms with Gasteiger partial charge in [0.05, 0.1) is 24.3 Å². The van der Waals surface area contributed by atoms with Crippen molar-refractivity contribution in [2.45, 2.75) is 64.2 Å². The van der Waals surface area contributed by atoms with E-state index in [1.165, 1.54) is 0 Å². The first-order valence-corrected chi connectivity index (χ1v) is 11.0. The molecule has 2 N–H and O–H groups in total. The molecule has 0 bridgehead atoms. The van der Waals surface area contributed by atoms with Crippen LogP contribution < -0.4 is 10.7 Å². The highest BCUT2D eigenvalue weighted by Gasteiger charge is 2.50. The Kier molecular flexibility index (Phi) is 6.11. The highest BCUT2D eigenvalue weighted by molar-refractivity contribution is 5.98. The van der Waals surface area contributed by atoms with Gasteiger partial charge in [-0.3, -0.25) is 15.0 Å². The Bertz CT molecular complexity index is 884. The van der Waals surface area contributed by atoms with Crippen molar-refractivity contribution in [2.75, 3.05) is 18.5 Å². The number of fused-ring (bicyclic) bond motifs is 3. The normalized spacial score (nSPS) is 24.6. The average Bonchev–Trinajstić information content (AvgIpc) is 3.22. The SMILES string of the molecule is CCOC(=O)c1ccc(NC(=O)CN2C(=O)C3NN=C(CC)N3C3CCCCC32)cc1. The van der Waals surface area contributed by atoms with Gasteiger partial charge >= 0.3 is 5.97 Å². The molecule has 9 heteroatoms. The molecular weight excluding hydrogens is 398 g/mol. The summed E-state index contributed by atoms with van der Waals surface area (Å²) in [7, 11) is 0. The molecule has 1 aliphatic carbocycles. The molecule has 2 amide bonds. The van der Waals surface area contributed by atoms with Crippen molar-refractivity contribution < 1.29 is 19.1 Å². The first-order valence-electron chi connectivity index (χ1n) is 11.0. The molecule has 0 aromatic heterocycles. The zero-order valence-electron chi connectivity index (χ0n) is 18.0. The third kappa shape index (κ3) is 4.08. The number of esters is 1. The summed E-state index contributed by atoms with van der Waals surface area (Å²) in [6.45, 7) is 4.09. The molecule has 1 saturated carbocycles. The fourth-order valence-corrected chi connectivity index (χ4v) is 4.78. The highest BCUT2D eigenvalue weighted by Crippen LogP contribution is 2.35. The topological polar surface area (TPSA) is 103 Å². The van der Waals surface area contributed by atoms with Gasteiger partial charge in [0, 0.05) is 12.1 Å². The molecule has 2 aliphatic heterocycles. The van der Waals surface area contributed by atoms with Crippen molar-refractivity contribution >= 4 is 29.3 Å². The van der Waals surface area contributed by atoms with Crippen LogP contribution in [0.5, 0.6) is 0 Å². The van der Waals surface area contributed by atoms with E-state index in [0.717, 1.165) is 37.9 Å². The van der Waals surface area contributed by atoms with Crippen LogP contribution in [0.1, 0.15) is 56.3 Å². The highest BCUT2D eigenvalue weighted by atomic mass is 16.5. The Morgan fingerprint density at radius 3 is 2.55 bits per heavy atom. The number of hydrazone groups is 1. The molecule has 1 aromatic rings. The van der Waals surface area contributed by atoms with Gasteiger partial charge in [-0.1, -0.05) is 19.8 Å². The van der Waals surface area contributed by atoms with Crippen LogP contribution in [0, 0.1) is 0 Å². The van der Waals surface area contributed by atoms with Gasteiger partial charge in [0.25, 0.3) is 5.91 Å². The fraction of sp³-hybridized carbons (Fsp3) is 0.545. The van der Waals surface area contributed by atoms with E-state index in [4.69, 9.17) is 4.74 Å². The van der Waals surface area contributed by atoms with E-state index >= 15 is 0 Å². The summed E-state index contributed by atoms with van der Waals surface area (Å²) in [4.78, 5) is 41.6. The van der Waals surface area contributed by atoms with E-state index < -0.39 is 12.1 Å². The lowest BCUT2D eigenvalue weighted by molar-refractivity contribution is -0.151. The predicted octanol–water partition coefficient (Wildman–Crippen LogP) is 1.91. The number of rotatable bonds is 6. The van der Waals surface area contributed by atoms with Gasteiger partial charge in [0.15, 0.2) is 6.17 Å². The fourth-order valence-electron chi connectivity index (χ4n) is 4.78. The van der Waals surface area contributed by atoms with Gasteiger partial charge < -0.3 is 19.9 Å². The molecule has 0 radical (unpaired) electrons. The number of nitrogens with one attached hydrogen (secondary N) is 2. The molecule has 31 heavy (non-hydrogen) atoms. The first kappa shape index (κ1) is 21.1. The number of nitrogens with zero attached hydrogens (tertiary/aromatic N) is 3. The van der Waals surface area contributed by atoms with Crippen LogP contribution in [0.15, 0.2) is 29.4 Å².